The van der Waals surface area contributed by atoms with Crippen molar-refractivity contribution < 1.29 is 23.1 Å². The van der Waals surface area contributed by atoms with Crippen molar-refractivity contribution in [3.63, 3.8) is 0 Å². The highest BCUT2D eigenvalue weighted by atomic mass is 32.2. The van der Waals surface area contributed by atoms with Gasteiger partial charge in [0.15, 0.2) is 0 Å². The summed E-state index contributed by atoms with van der Waals surface area (Å²) in [7, 11) is -3.55. The Labute approximate surface area is 173 Å². The van der Waals surface area contributed by atoms with E-state index in [1.165, 1.54) is 12.1 Å². The van der Waals surface area contributed by atoms with Crippen molar-refractivity contribution in [1.29, 1.82) is 0 Å². The summed E-state index contributed by atoms with van der Waals surface area (Å²) in [5, 5.41) is 8.50. The molecule has 0 radical (unpaired) electrons. The number of benzene rings is 2. The molecule has 0 aliphatic carbocycles. The van der Waals surface area contributed by atoms with E-state index in [-0.39, 0.29) is 18.1 Å². The number of carboxylic acids is 1. The molecule has 2 aromatic carbocycles. The standard InChI is InChI=1S/C22H29NO5S/c1-5-19(12-15(2)3)29(26,27)23-20-13-16(4)6-11-21(20)28-14-17-7-9-18(10-8-17)22(24)25/h6-11,13,15,19,23H,5,12,14H2,1-4H3,(H,24,25). The van der Waals surface area contributed by atoms with Gasteiger partial charge in [-0.3, -0.25) is 4.72 Å². The molecule has 0 heterocycles. The van der Waals surface area contributed by atoms with Crippen LogP contribution < -0.4 is 9.46 Å². The van der Waals surface area contributed by atoms with Crippen molar-refractivity contribution >= 4 is 21.7 Å². The lowest BCUT2D eigenvalue weighted by molar-refractivity contribution is 0.0697. The summed E-state index contributed by atoms with van der Waals surface area (Å²) in [6, 6.07) is 11.7. The summed E-state index contributed by atoms with van der Waals surface area (Å²) in [5.41, 5.74) is 2.32. The second-order valence-electron chi connectivity index (χ2n) is 7.60. The molecule has 29 heavy (non-hydrogen) atoms. The molecule has 0 fully saturated rings. The van der Waals surface area contributed by atoms with Crippen molar-refractivity contribution in [2.75, 3.05) is 4.72 Å². The normalized spacial score (nSPS) is 12.6. The van der Waals surface area contributed by atoms with Crippen LogP contribution in [0.25, 0.3) is 0 Å². The third-order valence-electron chi connectivity index (χ3n) is 4.61. The van der Waals surface area contributed by atoms with Crippen LogP contribution in [0.4, 0.5) is 5.69 Å². The molecule has 158 valence electrons. The number of nitrogens with one attached hydrogen (secondary N) is 1. The number of ether oxygens (including phenoxy) is 1. The number of aryl methyl sites for hydroxylation is 1. The fraction of sp³-hybridized carbons (Fsp3) is 0.409. The average Bonchev–Trinajstić information content (AvgIpc) is 2.65. The van der Waals surface area contributed by atoms with Gasteiger partial charge < -0.3 is 9.84 Å². The van der Waals surface area contributed by atoms with Gasteiger partial charge in [0, 0.05) is 0 Å². The van der Waals surface area contributed by atoms with Crippen LogP contribution in [0.15, 0.2) is 42.5 Å². The Bertz CT molecular complexity index is 936. The zero-order valence-corrected chi connectivity index (χ0v) is 18.1. The van der Waals surface area contributed by atoms with E-state index >= 15 is 0 Å². The van der Waals surface area contributed by atoms with Crippen LogP contribution in [0.3, 0.4) is 0 Å². The molecule has 2 N–H and O–H groups in total. The molecule has 0 spiro atoms. The third-order valence-corrected chi connectivity index (χ3v) is 6.52. The van der Waals surface area contributed by atoms with Gasteiger partial charge in [0.05, 0.1) is 16.5 Å². The maximum Gasteiger partial charge on any atom is 0.335 e. The topological polar surface area (TPSA) is 92.7 Å². The summed E-state index contributed by atoms with van der Waals surface area (Å²) >= 11 is 0. The molecule has 0 amide bonds. The molecule has 0 aromatic heterocycles. The molecular weight excluding hydrogens is 390 g/mol. The number of hydrogen-bond acceptors (Lipinski definition) is 4. The highest BCUT2D eigenvalue weighted by Gasteiger charge is 2.25. The van der Waals surface area contributed by atoms with Crippen LogP contribution in [0.5, 0.6) is 5.75 Å². The van der Waals surface area contributed by atoms with Crippen LogP contribution in [-0.2, 0) is 16.6 Å². The number of hydrogen-bond donors (Lipinski definition) is 2. The van der Waals surface area contributed by atoms with E-state index in [0.717, 1.165) is 11.1 Å². The Balaban J connectivity index is 2.19. The SMILES string of the molecule is CCC(CC(C)C)S(=O)(=O)Nc1cc(C)ccc1OCc1ccc(C(=O)O)cc1. The summed E-state index contributed by atoms with van der Waals surface area (Å²) in [6.45, 7) is 7.98. The Kier molecular flexibility index (Phi) is 7.67. The predicted molar refractivity (Wildman–Crippen MR) is 115 cm³/mol. The van der Waals surface area contributed by atoms with E-state index in [1.54, 1.807) is 24.3 Å². The van der Waals surface area contributed by atoms with Crippen molar-refractivity contribution in [1.82, 2.24) is 0 Å². The number of rotatable bonds is 10. The van der Waals surface area contributed by atoms with Gasteiger partial charge in [-0.05, 0) is 61.1 Å². The smallest absolute Gasteiger partial charge is 0.335 e. The first-order valence-corrected chi connectivity index (χ1v) is 11.2. The second-order valence-corrected chi connectivity index (χ2v) is 9.56. The minimum atomic E-state index is -3.55. The van der Waals surface area contributed by atoms with Crippen LogP contribution in [0.1, 0.15) is 55.1 Å². The molecule has 0 aliphatic heterocycles. The van der Waals surface area contributed by atoms with Crippen molar-refractivity contribution in [2.45, 2.75) is 52.4 Å². The Morgan fingerprint density at radius 1 is 1.14 bits per heavy atom. The van der Waals surface area contributed by atoms with Crippen LogP contribution >= 0.6 is 0 Å². The molecule has 2 rings (SSSR count). The first-order valence-electron chi connectivity index (χ1n) is 9.69. The molecule has 0 saturated heterocycles. The number of anilines is 1. The number of carbonyl (C=O) groups is 1. The molecule has 0 bridgehead atoms. The summed E-state index contributed by atoms with van der Waals surface area (Å²) in [5.74, 6) is -0.279. The Morgan fingerprint density at radius 2 is 1.79 bits per heavy atom. The number of sulfonamides is 1. The minimum absolute atomic E-state index is 0.195. The Hall–Kier alpha value is -2.54. The van der Waals surface area contributed by atoms with Crippen LogP contribution in [0.2, 0.25) is 0 Å². The van der Waals surface area contributed by atoms with E-state index in [0.29, 0.717) is 24.3 Å². The minimum Gasteiger partial charge on any atom is -0.487 e. The van der Waals surface area contributed by atoms with Gasteiger partial charge in [0.25, 0.3) is 0 Å². The average molecular weight is 420 g/mol. The lowest BCUT2D eigenvalue weighted by Gasteiger charge is -2.21. The largest absolute Gasteiger partial charge is 0.487 e. The van der Waals surface area contributed by atoms with Crippen molar-refractivity contribution in [3.8, 4) is 5.75 Å². The van der Waals surface area contributed by atoms with E-state index in [4.69, 9.17) is 9.84 Å². The summed E-state index contributed by atoms with van der Waals surface area (Å²) in [4.78, 5) is 11.0. The second kappa shape index (κ2) is 9.78. The van der Waals surface area contributed by atoms with Gasteiger partial charge in [0.2, 0.25) is 10.0 Å². The number of aromatic carboxylic acids is 1. The third kappa shape index (κ3) is 6.49. The van der Waals surface area contributed by atoms with Crippen LogP contribution in [-0.4, -0.2) is 24.7 Å². The van der Waals surface area contributed by atoms with E-state index in [2.05, 4.69) is 4.72 Å². The molecule has 1 unspecified atom stereocenters. The van der Waals surface area contributed by atoms with Gasteiger partial charge in [-0.15, -0.1) is 0 Å². The van der Waals surface area contributed by atoms with E-state index in [1.807, 2.05) is 33.8 Å². The molecule has 2 aromatic rings. The van der Waals surface area contributed by atoms with E-state index in [9.17, 15) is 13.2 Å². The quantitative estimate of drug-likeness (QED) is 0.575. The fourth-order valence-electron chi connectivity index (χ4n) is 3.03. The zero-order chi connectivity index (χ0) is 21.6. The van der Waals surface area contributed by atoms with Gasteiger partial charge in [0.1, 0.15) is 12.4 Å². The lowest BCUT2D eigenvalue weighted by Crippen LogP contribution is -2.29. The predicted octanol–water partition coefficient (Wildman–Crippen LogP) is 4.84. The molecule has 0 aliphatic rings. The van der Waals surface area contributed by atoms with Gasteiger partial charge in [-0.2, -0.15) is 0 Å². The Morgan fingerprint density at radius 3 is 2.34 bits per heavy atom. The highest BCUT2D eigenvalue weighted by molar-refractivity contribution is 7.93. The summed E-state index contributed by atoms with van der Waals surface area (Å²) in [6.07, 6.45) is 1.12. The molecule has 6 nitrogen and oxygen atoms in total. The first kappa shape index (κ1) is 22.7. The van der Waals surface area contributed by atoms with Crippen molar-refractivity contribution in [3.05, 3.63) is 59.2 Å². The molecule has 0 saturated carbocycles. The maximum absolute atomic E-state index is 12.9. The van der Waals surface area contributed by atoms with Crippen LogP contribution in [0, 0.1) is 12.8 Å². The summed E-state index contributed by atoms with van der Waals surface area (Å²) < 4.78 is 34.3. The monoisotopic (exact) mass is 419 g/mol. The lowest BCUT2D eigenvalue weighted by atomic mass is 10.1. The van der Waals surface area contributed by atoms with Gasteiger partial charge in [-0.25, -0.2) is 13.2 Å². The number of carboxylic acid groups (broad SMARTS) is 1. The van der Waals surface area contributed by atoms with E-state index < -0.39 is 21.2 Å². The molecular formula is C22H29NO5S. The molecule has 7 heteroatoms. The van der Waals surface area contributed by atoms with Crippen molar-refractivity contribution in [2.24, 2.45) is 5.92 Å². The zero-order valence-electron chi connectivity index (χ0n) is 17.3. The first-order chi connectivity index (χ1) is 13.6. The highest BCUT2D eigenvalue weighted by Crippen LogP contribution is 2.29. The fourth-order valence-corrected chi connectivity index (χ4v) is 4.74. The van der Waals surface area contributed by atoms with Gasteiger partial charge in [-0.1, -0.05) is 39.0 Å². The van der Waals surface area contributed by atoms with Gasteiger partial charge >= 0.3 is 5.97 Å². The molecule has 1 atom stereocenters. The maximum atomic E-state index is 12.9.